The Bertz CT molecular complexity index is 984. The molecule has 0 radical (unpaired) electrons. The molecular weight excluding hydrogens is 426 g/mol. The topological polar surface area (TPSA) is 70.2 Å². The third kappa shape index (κ3) is 5.88. The second-order valence-corrected chi connectivity index (χ2v) is 10.5. The number of hydrogen-bond donors (Lipinski definition) is 0. The van der Waals surface area contributed by atoms with Crippen LogP contribution in [-0.2, 0) is 21.3 Å². The lowest BCUT2D eigenvalue weighted by Gasteiger charge is -2.42. The first-order valence-electron chi connectivity index (χ1n) is 10.9. The van der Waals surface area contributed by atoms with Gasteiger partial charge in [0.05, 0.1) is 30.7 Å². The number of hydrogen-bond acceptors (Lipinski definition) is 6. The standard InChI is InChI=1S/C24H33N3O4S/c1-19-16-26(17-20(2)25(19)3)14-15-32(29,30)27(23-8-6-5-7-9-23)18-21-10-12-22(13-11-21)24(28)31-4/h5-13,19-20H,14-18H2,1-4H3/t19-,20+. The van der Waals surface area contributed by atoms with Crippen LogP contribution in [-0.4, -0.2) is 75.8 Å². The molecule has 2 aromatic carbocycles. The van der Waals surface area contributed by atoms with Gasteiger partial charge in [0, 0.05) is 31.7 Å². The first-order valence-corrected chi connectivity index (χ1v) is 12.5. The molecule has 174 valence electrons. The van der Waals surface area contributed by atoms with Crippen molar-refractivity contribution in [1.29, 1.82) is 0 Å². The van der Waals surface area contributed by atoms with Gasteiger partial charge in [0.25, 0.3) is 0 Å². The van der Waals surface area contributed by atoms with Gasteiger partial charge in [0.15, 0.2) is 0 Å². The number of benzene rings is 2. The van der Waals surface area contributed by atoms with Crippen molar-refractivity contribution in [3.8, 4) is 0 Å². The molecule has 0 saturated carbocycles. The Kier molecular flexibility index (Phi) is 7.92. The van der Waals surface area contributed by atoms with Gasteiger partial charge in [-0.25, -0.2) is 13.2 Å². The molecule has 1 heterocycles. The van der Waals surface area contributed by atoms with E-state index in [-0.39, 0.29) is 12.3 Å². The SMILES string of the molecule is COC(=O)c1ccc(CN(c2ccccc2)S(=O)(=O)CCN2C[C@@H](C)N(C)[C@@H](C)C2)cc1. The number of methoxy groups -OCH3 is 1. The molecule has 1 aliphatic heterocycles. The minimum absolute atomic E-state index is 0.0469. The monoisotopic (exact) mass is 459 g/mol. The Hall–Kier alpha value is -2.42. The number of nitrogens with zero attached hydrogens (tertiary/aromatic N) is 3. The summed E-state index contributed by atoms with van der Waals surface area (Å²) in [5.74, 6) is -0.370. The van der Waals surface area contributed by atoms with E-state index in [1.54, 1.807) is 36.4 Å². The van der Waals surface area contributed by atoms with Crippen molar-refractivity contribution in [3.63, 3.8) is 0 Å². The van der Waals surface area contributed by atoms with Crippen LogP contribution in [0.15, 0.2) is 54.6 Å². The van der Waals surface area contributed by atoms with Crippen LogP contribution in [0.1, 0.15) is 29.8 Å². The number of sulfonamides is 1. The Balaban J connectivity index is 1.77. The zero-order valence-corrected chi connectivity index (χ0v) is 20.1. The molecule has 1 aliphatic rings. The summed E-state index contributed by atoms with van der Waals surface area (Å²) in [5.41, 5.74) is 1.86. The van der Waals surface area contributed by atoms with Crippen molar-refractivity contribution >= 4 is 21.7 Å². The minimum Gasteiger partial charge on any atom is -0.465 e. The van der Waals surface area contributed by atoms with Crippen molar-refractivity contribution in [1.82, 2.24) is 9.80 Å². The first-order chi connectivity index (χ1) is 15.2. The van der Waals surface area contributed by atoms with Crippen LogP contribution in [0.5, 0.6) is 0 Å². The molecule has 2 aromatic rings. The summed E-state index contributed by atoms with van der Waals surface area (Å²) in [6.45, 7) is 6.75. The molecule has 0 unspecified atom stereocenters. The molecule has 7 nitrogen and oxygen atoms in total. The van der Waals surface area contributed by atoms with Crippen LogP contribution in [0.2, 0.25) is 0 Å². The first kappa shape index (κ1) is 24.2. The number of likely N-dealkylation sites (N-methyl/N-ethyl adjacent to an activating group) is 1. The van der Waals surface area contributed by atoms with Gasteiger partial charge in [0.1, 0.15) is 0 Å². The molecule has 32 heavy (non-hydrogen) atoms. The largest absolute Gasteiger partial charge is 0.465 e. The van der Waals surface area contributed by atoms with Gasteiger partial charge in [-0.2, -0.15) is 0 Å². The second kappa shape index (κ2) is 10.5. The molecule has 0 amide bonds. The summed E-state index contributed by atoms with van der Waals surface area (Å²) in [6, 6.07) is 16.8. The van der Waals surface area contributed by atoms with Gasteiger partial charge in [-0.1, -0.05) is 30.3 Å². The summed E-state index contributed by atoms with van der Waals surface area (Å²) in [5, 5.41) is 0. The van der Waals surface area contributed by atoms with E-state index < -0.39 is 16.0 Å². The average molecular weight is 460 g/mol. The molecule has 0 aliphatic carbocycles. The molecule has 0 aromatic heterocycles. The maximum absolute atomic E-state index is 13.4. The fourth-order valence-corrected chi connectivity index (χ4v) is 5.52. The normalized spacial score (nSPS) is 20.1. The number of para-hydroxylation sites is 1. The highest BCUT2D eigenvalue weighted by atomic mass is 32.2. The lowest BCUT2D eigenvalue weighted by atomic mass is 10.1. The quantitative estimate of drug-likeness (QED) is 0.566. The molecule has 1 saturated heterocycles. The molecular formula is C24H33N3O4S. The zero-order chi connectivity index (χ0) is 23.3. The zero-order valence-electron chi connectivity index (χ0n) is 19.3. The van der Waals surface area contributed by atoms with Gasteiger partial charge in [-0.3, -0.25) is 14.1 Å². The van der Waals surface area contributed by atoms with E-state index in [1.807, 2.05) is 18.2 Å². The van der Waals surface area contributed by atoms with E-state index in [2.05, 4.69) is 30.7 Å². The number of esters is 1. The summed E-state index contributed by atoms with van der Waals surface area (Å²) >= 11 is 0. The van der Waals surface area contributed by atoms with Gasteiger partial charge >= 0.3 is 5.97 Å². The van der Waals surface area contributed by atoms with E-state index in [0.29, 0.717) is 29.9 Å². The molecule has 1 fully saturated rings. The number of piperazine rings is 1. The maximum Gasteiger partial charge on any atom is 0.337 e. The van der Waals surface area contributed by atoms with E-state index in [4.69, 9.17) is 4.74 Å². The van der Waals surface area contributed by atoms with Gasteiger partial charge in [-0.05, 0) is 50.7 Å². The Morgan fingerprint density at radius 2 is 1.62 bits per heavy atom. The highest BCUT2D eigenvalue weighted by Gasteiger charge is 2.29. The highest BCUT2D eigenvalue weighted by Crippen LogP contribution is 2.22. The second-order valence-electron chi connectivity index (χ2n) is 8.47. The van der Waals surface area contributed by atoms with Crippen molar-refractivity contribution < 1.29 is 17.9 Å². The lowest BCUT2D eigenvalue weighted by molar-refractivity contribution is 0.0600. The predicted octanol–water partition coefficient (Wildman–Crippen LogP) is 2.83. The maximum atomic E-state index is 13.4. The third-order valence-corrected chi connectivity index (χ3v) is 7.89. The highest BCUT2D eigenvalue weighted by molar-refractivity contribution is 7.92. The minimum atomic E-state index is -3.57. The molecule has 0 spiro atoms. The van der Waals surface area contributed by atoms with Crippen molar-refractivity contribution in [2.75, 3.05) is 43.8 Å². The predicted molar refractivity (Wildman–Crippen MR) is 127 cm³/mol. The van der Waals surface area contributed by atoms with E-state index in [1.165, 1.54) is 11.4 Å². The van der Waals surface area contributed by atoms with Crippen LogP contribution in [0.4, 0.5) is 5.69 Å². The fraction of sp³-hybridized carbons (Fsp3) is 0.458. The smallest absolute Gasteiger partial charge is 0.337 e. The summed E-state index contributed by atoms with van der Waals surface area (Å²) in [6.07, 6.45) is 0. The summed E-state index contributed by atoms with van der Waals surface area (Å²) in [7, 11) is -0.114. The van der Waals surface area contributed by atoms with E-state index in [0.717, 1.165) is 18.7 Å². The number of carbonyl (C=O) groups excluding carboxylic acids is 1. The molecule has 8 heteroatoms. The molecule has 2 atom stereocenters. The van der Waals surface area contributed by atoms with Crippen LogP contribution >= 0.6 is 0 Å². The van der Waals surface area contributed by atoms with E-state index in [9.17, 15) is 13.2 Å². The molecule has 0 N–H and O–H groups in total. The average Bonchev–Trinajstić information content (AvgIpc) is 2.80. The Morgan fingerprint density at radius 3 is 2.19 bits per heavy atom. The number of ether oxygens (including phenoxy) is 1. The van der Waals surface area contributed by atoms with Crippen LogP contribution in [0.3, 0.4) is 0 Å². The fourth-order valence-electron chi connectivity index (χ4n) is 4.03. The van der Waals surface area contributed by atoms with Gasteiger partial charge in [0.2, 0.25) is 10.0 Å². The number of carbonyl (C=O) groups is 1. The summed E-state index contributed by atoms with van der Waals surface area (Å²) < 4.78 is 33.1. The van der Waals surface area contributed by atoms with Crippen LogP contribution in [0.25, 0.3) is 0 Å². The van der Waals surface area contributed by atoms with Crippen LogP contribution < -0.4 is 4.31 Å². The molecule has 3 rings (SSSR count). The van der Waals surface area contributed by atoms with Crippen molar-refractivity contribution in [2.24, 2.45) is 0 Å². The Morgan fingerprint density at radius 1 is 1.03 bits per heavy atom. The van der Waals surface area contributed by atoms with Gasteiger partial charge < -0.3 is 4.74 Å². The molecule has 0 bridgehead atoms. The Labute approximate surface area is 191 Å². The third-order valence-electron chi connectivity index (χ3n) is 6.18. The number of anilines is 1. The van der Waals surface area contributed by atoms with E-state index >= 15 is 0 Å². The van der Waals surface area contributed by atoms with Crippen molar-refractivity contribution in [2.45, 2.75) is 32.5 Å². The van der Waals surface area contributed by atoms with Gasteiger partial charge in [-0.15, -0.1) is 0 Å². The van der Waals surface area contributed by atoms with Crippen LogP contribution in [0, 0.1) is 0 Å². The lowest BCUT2D eigenvalue weighted by Crippen LogP contribution is -2.55. The number of rotatable bonds is 8. The van der Waals surface area contributed by atoms with Crippen molar-refractivity contribution in [3.05, 3.63) is 65.7 Å². The summed E-state index contributed by atoms with van der Waals surface area (Å²) in [4.78, 5) is 16.3.